The Bertz CT molecular complexity index is 297. The maximum absolute atomic E-state index is 5.77. The quantitative estimate of drug-likeness (QED) is 0.810. The van der Waals surface area contributed by atoms with Crippen molar-refractivity contribution in [2.75, 3.05) is 18.0 Å². The van der Waals surface area contributed by atoms with E-state index in [0.717, 1.165) is 18.2 Å². The van der Waals surface area contributed by atoms with E-state index in [0.29, 0.717) is 6.04 Å². The molecule has 2 N–H and O–H groups in total. The topological polar surface area (TPSA) is 42.2 Å². The van der Waals surface area contributed by atoms with Crippen LogP contribution in [0.2, 0.25) is 0 Å². The van der Waals surface area contributed by atoms with Crippen molar-refractivity contribution in [2.24, 2.45) is 5.73 Å². The Labute approximate surface area is 88.9 Å². The van der Waals surface area contributed by atoms with E-state index < -0.39 is 0 Å². The van der Waals surface area contributed by atoms with E-state index in [-0.39, 0.29) is 0 Å². The van der Waals surface area contributed by atoms with Gasteiger partial charge in [-0.15, -0.1) is 11.3 Å². The van der Waals surface area contributed by atoms with Crippen LogP contribution in [0.1, 0.15) is 24.1 Å². The average molecular weight is 211 g/mol. The lowest BCUT2D eigenvalue weighted by molar-refractivity contribution is 0.465. The first-order valence-electron chi connectivity index (χ1n) is 5.20. The fourth-order valence-corrected chi connectivity index (χ4v) is 2.83. The van der Waals surface area contributed by atoms with Gasteiger partial charge in [0.1, 0.15) is 0 Å². The highest BCUT2D eigenvalue weighted by Crippen LogP contribution is 2.27. The minimum absolute atomic E-state index is 0.509. The van der Waals surface area contributed by atoms with E-state index in [1.54, 1.807) is 11.3 Å². The molecule has 78 valence electrons. The van der Waals surface area contributed by atoms with Crippen LogP contribution in [-0.4, -0.2) is 24.1 Å². The normalized spacial score (nSPS) is 22.7. The van der Waals surface area contributed by atoms with Gasteiger partial charge in [-0.1, -0.05) is 0 Å². The molecule has 4 heteroatoms. The van der Waals surface area contributed by atoms with Crippen LogP contribution in [0.4, 0.5) is 5.13 Å². The van der Waals surface area contributed by atoms with Crippen molar-refractivity contribution in [2.45, 2.75) is 32.2 Å². The lowest BCUT2D eigenvalue weighted by atomic mass is 10.0. The number of nitrogens with zero attached hydrogens (tertiary/aromatic N) is 2. The molecule has 2 heterocycles. The van der Waals surface area contributed by atoms with Gasteiger partial charge in [-0.25, -0.2) is 4.98 Å². The van der Waals surface area contributed by atoms with E-state index >= 15 is 0 Å². The molecule has 0 saturated carbocycles. The molecule has 1 aliphatic rings. The standard InChI is InChI=1S/C10H17N3S/c1-8-7-12-10(14-8)13-5-3-2-4-9(13)6-11/h7,9H,2-6,11H2,1H3. The van der Waals surface area contributed by atoms with Gasteiger partial charge in [0, 0.05) is 30.2 Å². The zero-order valence-corrected chi connectivity index (χ0v) is 9.39. The Hall–Kier alpha value is -0.610. The lowest BCUT2D eigenvalue weighted by Gasteiger charge is -2.34. The number of rotatable bonds is 2. The molecule has 2 rings (SSSR count). The molecular weight excluding hydrogens is 194 g/mol. The Morgan fingerprint density at radius 2 is 2.50 bits per heavy atom. The molecule has 1 atom stereocenters. The Morgan fingerprint density at radius 3 is 3.14 bits per heavy atom. The summed E-state index contributed by atoms with van der Waals surface area (Å²) < 4.78 is 0. The van der Waals surface area contributed by atoms with Crippen molar-refractivity contribution in [3.8, 4) is 0 Å². The smallest absolute Gasteiger partial charge is 0.185 e. The molecule has 0 amide bonds. The minimum Gasteiger partial charge on any atom is -0.344 e. The van der Waals surface area contributed by atoms with Crippen LogP contribution in [0.3, 0.4) is 0 Å². The van der Waals surface area contributed by atoms with E-state index in [1.807, 2.05) is 6.20 Å². The number of piperidine rings is 1. The number of anilines is 1. The summed E-state index contributed by atoms with van der Waals surface area (Å²) in [7, 11) is 0. The third-order valence-electron chi connectivity index (χ3n) is 2.75. The Kier molecular flexibility index (Phi) is 3.03. The predicted molar refractivity (Wildman–Crippen MR) is 60.9 cm³/mol. The van der Waals surface area contributed by atoms with E-state index in [4.69, 9.17) is 5.73 Å². The molecule has 0 aliphatic carbocycles. The van der Waals surface area contributed by atoms with Crippen LogP contribution in [0, 0.1) is 6.92 Å². The third-order valence-corrected chi connectivity index (χ3v) is 3.70. The van der Waals surface area contributed by atoms with Gasteiger partial charge < -0.3 is 10.6 Å². The van der Waals surface area contributed by atoms with Gasteiger partial charge in [0.2, 0.25) is 0 Å². The summed E-state index contributed by atoms with van der Waals surface area (Å²) in [5.74, 6) is 0. The van der Waals surface area contributed by atoms with Gasteiger partial charge in [0.15, 0.2) is 5.13 Å². The molecule has 14 heavy (non-hydrogen) atoms. The van der Waals surface area contributed by atoms with Crippen molar-refractivity contribution in [3.63, 3.8) is 0 Å². The first-order valence-corrected chi connectivity index (χ1v) is 6.02. The maximum atomic E-state index is 5.77. The molecular formula is C10H17N3S. The predicted octanol–water partition coefficient (Wildman–Crippen LogP) is 1.77. The maximum Gasteiger partial charge on any atom is 0.185 e. The Balaban J connectivity index is 2.14. The molecule has 0 spiro atoms. The summed E-state index contributed by atoms with van der Waals surface area (Å²) in [4.78, 5) is 8.08. The largest absolute Gasteiger partial charge is 0.344 e. The first-order chi connectivity index (χ1) is 6.81. The van der Waals surface area contributed by atoms with E-state index in [9.17, 15) is 0 Å². The molecule has 1 aromatic rings. The summed E-state index contributed by atoms with van der Waals surface area (Å²) in [5.41, 5.74) is 5.77. The van der Waals surface area contributed by atoms with Crippen LogP contribution < -0.4 is 10.6 Å². The van der Waals surface area contributed by atoms with Crippen molar-refractivity contribution in [1.29, 1.82) is 0 Å². The highest BCUT2D eigenvalue weighted by atomic mass is 32.1. The van der Waals surface area contributed by atoms with Crippen LogP contribution in [0.25, 0.3) is 0 Å². The number of hydrogen-bond acceptors (Lipinski definition) is 4. The third kappa shape index (κ3) is 1.91. The summed E-state index contributed by atoms with van der Waals surface area (Å²) in [5, 5.41) is 1.15. The number of thiazole rings is 1. The van der Waals surface area contributed by atoms with Gasteiger partial charge >= 0.3 is 0 Å². The molecule has 1 aliphatic heterocycles. The van der Waals surface area contributed by atoms with Crippen molar-refractivity contribution in [1.82, 2.24) is 4.98 Å². The summed E-state index contributed by atoms with van der Waals surface area (Å²) in [6.07, 6.45) is 5.75. The number of aromatic nitrogens is 1. The fraction of sp³-hybridized carbons (Fsp3) is 0.700. The zero-order valence-electron chi connectivity index (χ0n) is 8.57. The lowest BCUT2D eigenvalue weighted by Crippen LogP contribution is -2.44. The highest BCUT2D eigenvalue weighted by Gasteiger charge is 2.22. The van der Waals surface area contributed by atoms with Gasteiger partial charge in [0.25, 0.3) is 0 Å². The van der Waals surface area contributed by atoms with Crippen LogP contribution in [0.15, 0.2) is 6.20 Å². The number of hydrogen-bond donors (Lipinski definition) is 1. The van der Waals surface area contributed by atoms with E-state index in [2.05, 4.69) is 16.8 Å². The van der Waals surface area contributed by atoms with Crippen molar-refractivity contribution >= 4 is 16.5 Å². The molecule has 1 aromatic heterocycles. The molecule has 1 unspecified atom stereocenters. The summed E-state index contributed by atoms with van der Waals surface area (Å²) in [6, 6.07) is 0.509. The zero-order chi connectivity index (χ0) is 9.97. The van der Waals surface area contributed by atoms with Crippen LogP contribution in [0.5, 0.6) is 0 Å². The first kappa shape index (κ1) is 9.93. The molecule has 0 aromatic carbocycles. The number of nitrogens with two attached hydrogens (primary N) is 1. The van der Waals surface area contributed by atoms with Gasteiger partial charge in [-0.3, -0.25) is 0 Å². The highest BCUT2D eigenvalue weighted by molar-refractivity contribution is 7.15. The van der Waals surface area contributed by atoms with Crippen molar-refractivity contribution in [3.05, 3.63) is 11.1 Å². The van der Waals surface area contributed by atoms with E-state index in [1.165, 1.54) is 24.1 Å². The molecule has 0 bridgehead atoms. The van der Waals surface area contributed by atoms with Crippen LogP contribution in [-0.2, 0) is 0 Å². The second-order valence-electron chi connectivity index (χ2n) is 3.83. The molecule has 3 nitrogen and oxygen atoms in total. The van der Waals surface area contributed by atoms with Crippen LogP contribution >= 0.6 is 11.3 Å². The summed E-state index contributed by atoms with van der Waals surface area (Å²) in [6.45, 7) is 3.97. The number of aryl methyl sites for hydroxylation is 1. The second kappa shape index (κ2) is 4.28. The van der Waals surface area contributed by atoms with Gasteiger partial charge in [-0.2, -0.15) is 0 Å². The molecule has 0 radical (unpaired) electrons. The second-order valence-corrected chi connectivity index (χ2v) is 5.05. The fourth-order valence-electron chi connectivity index (χ4n) is 1.97. The Morgan fingerprint density at radius 1 is 1.64 bits per heavy atom. The van der Waals surface area contributed by atoms with Gasteiger partial charge in [-0.05, 0) is 26.2 Å². The SMILES string of the molecule is Cc1cnc(N2CCCCC2CN)s1. The van der Waals surface area contributed by atoms with Gasteiger partial charge in [0.05, 0.1) is 0 Å². The average Bonchev–Trinajstić information content (AvgIpc) is 2.65. The molecule has 1 fully saturated rings. The summed E-state index contributed by atoms with van der Waals surface area (Å²) >= 11 is 1.77. The minimum atomic E-state index is 0.509. The monoisotopic (exact) mass is 211 g/mol. The molecule has 1 saturated heterocycles. The van der Waals surface area contributed by atoms with Crippen molar-refractivity contribution < 1.29 is 0 Å².